The lowest BCUT2D eigenvalue weighted by Crippen LogP contribution is -2.24. The normalized spacial score (nSPS) is 9.14. The molecule has 8 nitrogen and oxygen atoms in total. The summed E-state index contributed by atoms with van der Waals surface area (Å²) in [4.78, 5) is 42.1. The van der Waals surface area contributed by atoms with Crippen LogP contribution in [-0.2, 0) is 37.8 Å². The zero-order valence-corrected chi connectivity index (χ0v) is 15.5. The molecule has 0 saturated carbocycles. The number of hydrogen-bond donors (Lipinski definition) is 0. The summed E-state index contributed by atoms with van der Waals surface area (Å²) in [7, 11) is 0.524. The van der Waals surface area contributed by atoms with Crippen molar-refractivity contribution in [2.75, 3.05) is 6.61 Å². The predicted molar refractivity (Wildman–Crippen MR) is 79.4 cm³/mol. The van der Waals surface area contributed by atoms with Crippen molar-refractivity contribution in [3.63, 3.8) is 0 Å². The predicted octanol–water partition coefficient (Wildman–Crippen LogP) is -0.222. The molecular formula is C13H22O8Si. The molecule has 0 radical (unpaired) electrons. The van der Waals surface area contributed by atoms with E-state index in [1.54, 1.807) is 0 Å². The van der Waals surface area contributed by atoms with Crippen LogP contribution in [0.1, 0.15) is 34.1 Å². The van der Waals surface area contributed by atoms with Gasteiger partial charge in [-0.05, 0) is 6.92 Å². The molecule has 0 rings (SSSR count). The van der Waals surface area contributed by atoms with E-state index in [-0.39, 0.29) is 24.6 Å². The molecule has 22 heavy (non-hydrogen) atoms. The lowest BCUT2D eigenvalue weighted by atomic mass is 10.3. The first kappa shape index (κ1) is 22.1. The number of ether oxygens (including phenoxy) is 3. The summed E-state index contributed by atoms with van der Waals surface area (Å²) in [5.41, 5.74) is 0.265. The first-order chi connectivity index (χ1) is 10.1. The summed E-state index contributed by atoms with van der Waals surface area (Å²) in [5, 5.41) is 0. The maximum absolute atomic E-state index is 11.0. The van der Waals surface area contributed by atoms with E-state index in [4.69, 9.17) is 14.2 Å². The van der Waals surface area contributed by atoms with E-state index in [1.165, 1.54) is 27.7 Å². The van der Waals surface area contributed by atoms with Crippen LogP contribution in [0, 0.1) is 0 Å². The Bertz CT molecular complexity index is 402. The fourth-order valence-corrected chi connectivity index (χ4v) is 0.883. The summed E-state index contributed by atoms with van der Waals surface area (Å²) in [6.07, 6.45) is -0.957. The molecule has 0 atom stereocenters. The van der Waals surface area contributed by atoms with Crippen molar-refractivity contribution in [1.29, 1.82) is 0 Å². The van der Waals surface area contributed by atoms with Crippen molar-refractivity contribution in [2.45, 2.75) is 40.4 Å². The van der Waals surface area contributed by atoms with Gasteiger partial charge in [-0.2, -0.15) is 0 Å². The van der Waals surface area contributed by atoms with Crippen LogP contribution in [-0.4, -0.2) is 47.3 Å². The van der Waals surface area contributed by atoms with Crippen molar-refractivity contribution >= 4 is 34.4 Å². The van der Waals surface area contributed by atoms with Gasteiger partial charge in [0.2, 0.25) is 10.5 Å². The Hall–Kier alpha value is -2.16. The van der Waals surface area contributed by atoms with Crippen LogP contribution in [0.3, 0.4) is 0 Å². The second-order valence-corrected chi connectivity index (χ2v) is 4.46. The first-order valence-corrected chi connectivity index (χ1v) is 7.13. The highest BCUT2D eigenvalue weighted by atomic mass is 28.2. The molecule has 0 spiro atoms. The van der Waals surface area contributed by atoms with Crippen molar-refractivity contribution in [3.8, 4) is 0 Å². The van der Waals surface area contributed by atoms with Crippen LogP contribution >= 0.6 is 0 Å². The molecule has 0 aromatic rings. The standard InChI is InChI=1S/C11H16O6.C2H6O2Si/c1-7(2)11(14)15-6-5-10(16-8(3)12)17-9(4)13;1-2(3)4-5/h10H,1,5-6H2,2-4H3;1,5H3. The molecular weight excluding hydrogens is 312 g/mol. The minimum absolute atomic E-state index is 0.0308. The fourth-order valence-electron chi connectivity index (χ4n) is 0.883. The highest BCUT2D eigenvalue weighted by Crippen LogP contribution is 2.04. The van der Waals surface area contributed by atoms with Gasteiger partial charge in [0.1, 0.15) is 0 Å². The van der Waals surface area contributed by atoms with E-state index in [0.29, 0.717) is 10.5 Å². The van der Waals surface area contributed by atoms with Crippen LogP contribution in [0.15, 0.2) is 12.2 Å². The third-order valence-corrected chi connectivity index (χ3v) is 2.39. The molecule has 0 bridgehead atoms. The van der Waals surface area contributed by atoms with Crippen LogP contribution < -0.4 is 0 Å². The molecule has 0 aromatic carbocycles. The second kappa shape index (κ2) is 12.6. The number of esters is 3. The third kappa shape index (κ3) is 15.9. The van der Waals surface area contributed by atoms with Gasteiger partial charge >= 0.3 is 17.9 Å². The van der Waals surface area contributed by atoms with Crippen LogP contribution in [0.4, 0.5) is 0 Å². The van der Waals surface area contributed by atoms with E-state index in [2.05, 4.69) is 11.0 Å². The summed E-state index contributed by atoms with van der Waals surface area (Å²) >= 11 is 0. The maximum atomic E-state index is 11.0. The number of carbonyl (C=O) groups excluding carboxylic acids is 4. The van der Waals surface area contributed by atoms with Gasteiger partial charge in [0.05, 0.1) is 13.0 Å². The summed E-state index contributed by atoms with van der Waals surface area (Å²) in [6.45, 7) is 8.66. The van der Waals surface area contributed by atoms with Gasteiger partial charge in [-0.3, -0.25) is 14.4 Å². The van der Waals surface area contributed by atoms with E-state index in [1.807, 2.05) is 0 Å². The molecule has 0 saturated heterocycles. The molecule has 0 unspecified atom stereocenters. The van der Waals surface area contributed by atoms with Crippen molar-refractivity contribution in [3.05, 3.63) is 12.2 Å². The number of carbonyl (C=O) groups is 4. The molecule has 0 fully saturated rings. The minimum Gasteiger partial charge on any atom is -0.529 e. The van der Waals surface area contributed by atoms with E-state index >= 15 is 0 Å². The molecule has 0 aliphatic rings. The Morgan fingerprint density at radius 2 is 1.36 bits per heavy atom. The molecule has 9 heteroatoms. The Labute approximate surface area is 132 Å². The monoisotopic (exact) mass is 334 g/mol. The van der Waals surface area contributed by atoms with E-state index in [0.717, 1.165) is 0 Å². The van der Waals surface area contributed by atoms with Crippen LogP contribution in [0.5, 0.6) is 0 Å². The highest BCUT2D eigenvalue weighted by molar-refractivity contribution is 6.04. The molecule has 0 aromatic heterocycles. The number of rotatable bonds is 6. The fraction of sp³-hybridized carbons (Fsp3) is 0.538. The second-order valence-electron chi connectivity index (χ2n) is 4.05. The highest BCUT2D eigenvalue weighted by Gasteiger charge is 2.16. The van der Waals surface area contributed by atoms with E-state index in [9.17, 15) is 19.2 Å². The quantitative estimate of drug-likeness (QED) is 0.284. The summed E-state index contributed by atoms with van der Waals surface area (Å²) < 4.78 is 18.4. The number of hydrogen-bond acceptors (Lipinski definition) is 8. The average Bonchev–Trinajstić information content (AvgIpc) is 2.37. The van der Waals surface area contributed by atoms with Gasteiger partial charge in [0.25, 0.3) is 12.3 Å². The van der Waals surface area contributed by atoms with Gasteiger partial charge in [-0.15, -0.1) is 0 Å². The molecule has 0 aliphatic carbocycles. The summed E-state index contributed by atoms with van der Waals surface area (Å²) in [5.74, 6) is -1.89. The van der Waals surface area contributed by atoms with Crippen LogP contribution in [0.2, 0.25) is 0 Å². The molecule has 0 N–H and O–H groups in total. The van der Waals surface area contributed by atoms with Crippen molar-refractivity contribution in [2.24, 2.45) is 0 Å². The van der Waals surface area contributed by atoms with E-state index < -0.39 is 24.2 Å². The topological polar surface area (TPSA) is 105 Å². The van der Waals surface area contributed by atoms with Gasteiger partial charge in [-0.25, -0.2) is 4.79 Å². The largest absolute Gasteiger partial charge is 0.529 e. The third-order valence-electron chi connectivity index (χ3n) is 1.82. The zero-order valence-electron chi connectivity index (χ0n) is 13.5. The molecule has 0 amide bonds. The minimum atomic E-state index is -1.04. The van der Waals surface area contributed by atoms with Crippen LogP contribution in [0.25, 0.3) is 0 Å². The zero-order chi connectivity index (χ0) is 17.7. The van der Waals surface area contributed by atoms with Crippen molar-refractivity contribution in [1.82, 2.24) is 0 Å². The SMILES string of the molecule is C=C(C)C(=O)OCCC(OC(C)=O)OC(C)=O.CC(=O)O[SiH3]. The van der Waals surface area contributed by atoms with Gasteiger partial charge in [0, 0.05) is 26.3 Å². The Balaban J connectivity index is 0. The Morgan fingerprint density at radius 1 is 0.955 bits per heavy atom. The molecule has 0 aliphatic heterocycles. The lowest BCUT2D eigenvalue weighted by molar-refractivity contribution is -0.187. The molecule has 126 valence electrons. The summed E-state index contributed by atoms with van der Waals surface area (Å²) in [6, 6.07) is 0. The van der Waals surface area contributed by atoms with Crippen molar-refractivity contribution < 1.29 is 37.8 Å². The first-order valence-electron chi connectivity index (χ1n) is 6.31. The lowest BCUT2D eigenvalue weighted by Gasteiger charge is -2.16. The Morgan fingerprint density at radius 3 is 1.64 bits per heavy atom. The van der Waals surface area contributed by atoms with Gasteiger partial charge in [-0.1, -0.05) is 6.58 Å². The molecule has 0 heterocycles. The Kier molecular flexibility index (Phi) is 12.6. The maximum Gasteiger partial charge on any atom is 0.333 e. The van der Waals surface area contributed by atoms with Gasteiger partial charge in [0.15, 0.2) is 0 Å². The smallest absolute Gasteiger partial charge is 0.333 e. The average molecular weight is 334 g/mol. The van der Waals surface area contributed by atoms with Gasteiger partial charge < -0.3 is 18.6 Å².